The molecule has 0 spiro atoms. The van der Waals surface area contributed by atoms with Gasteiger partial charge in [-0.1, -0.05) is 117 Å². The van der Waals surface area contributed by atoms with Crippen LogP contribution in [0.1, 0.15) is 129 Å². The molecule has 0 heterocycles. The first-order valence-corrected chi connectivity index (χ1v) is 11.7. The van der Waals surface area contributed by atoms with Gasteiger partial charge in [-0.3, -0.25) is 0 Å². The fourth-order valence-corrected chi connectivity index (χ4v) is 3.25. The maximum atomic E-state index is 11.5. The zero-order chi connectivity index (χ0) is 19.1. The predicted octanol–water partition coefficient (Wildman–Crippen LogP) is 7.77. The lowest BCUT2D eigenvalue weighted by atomic mass is 10.0. The van der Waals surface area contributed by atoms with Gasteiger partial charge >= 0.3 is 6.09 Å². The Labute approximate surface area is 164 Å². The van der Waals surface area contributed by atoms with Crippen LogP contribution < -0.4 is 5.32 Å². The Morgan fingerprint density at radius 3 is 1.42 bits per heavy atom. The molecule has 1 amide bonds. The lowest BCUT2D eigenvalue weighted by Crippen LogP contribution is -2.25. The van der Waals surface area contributed by atoms with Gasteiger partial charge in [-0.15, -0.1) is 0 Å². The van der Waals surface area contributed by atoms with Gasteiger partial charge in [0, 0.05) is 6.54 Å². The quantitative estimate of drug-likeness (QED) is 0.222. The summed E-state index contributed by atoms with van der Waals surface area (Å²) in [4.78, 5) is 11.5. The van der Waals surface area contributed by atoms with Crippen molar-refractivity contribution >= 4 is 6.09 Å². The maximum absolute atomic E-state index is 11.5. The van der Waals surface area contributed by atoms with E-state index in [9.17, 15) is 4.79 Å². The van der Waals surface area contributed by atoms with E-state index >= 15 is 0 Å². The minimum absolute atomic E-state index is 0.240. The molecule has 0 bridgehead atoms. The third kappa shape index (κ3) is 21.3. The average Bonchev–Trinajstić information content (AvgIpc) is 2.64. The maximum Gasteiger partial charge on any atom is 0.407 e. The summed E-state index contributed by atoms with van der Waals surface area (Å²) in [6, 6.07) is 0. The van der Waals surface area contributed by atoms with Crippen molar-refractivity contribution in [1.82, 2.24) is 5.32 Å². The van der Waals surface area contributed by atoms with Crippen molar-refractivity contribution in [3.8, 4) is 0 Å². The van der Waals surface area contributed by atoms with Crippen molar-refractivity contribution in [2.75, 3.05) is 13.2 Å². The van der Waals surface area contributed by atoms with Crippen molar-refractivity contribution < 1.29 is 9.53 Å². The van der Waals surface area contributed by atoms with E-state index in [4.69, 9.17) is 4.74 Å². The molecule has 156 valence electrons. The SMILES string of the molecule is CCCCCCCCCCCCCCCCOC(=O)NCCCCCC. The highest BCUT2D eigenvalue weighted by atomic mass is 16.5. The zero-order valence-electron chi connectivity index (χ0n) is 18.0. The molecule has 0 aliphatic heterocycles. The number of carbonyl (C=O) groups is 1. The van der Waals surface area contributed by atoms with Gasteiger partial charge in [-0.25, -0.2) is 4.79 Å². The average molecular weight is 370 g/mol. The molecule has 0 aliphatic rings. The molecule has 0 saturated heterocycles. The summed E-state index contributed by atoms with van der Waals surface area (Å²) in [5.74, 6) is 0. The molecule has 0 fully saturated rings. The molecular weight excluding hydrogens is 322 g/mol. The van der Waals surface area contributed by atoms with Gasteiger partial charge in [0.05, 0.1) is 6.61 Å². The molecule has 3 nitrogen and oxygen atoms in total. The number of rotatable bonds is 20. The topological polar surface area (TPSA) is 38.3 Å². The van der Waals surface area contributed by atoms with Crippen LogP contribution in [-0.2, 0) is 4.74 Å². The molecule has 0 aromatic heterocycles. The van der Waals surface area contributed by atoms with Crippen LogP contribution in [0.5, 0.6) is 0 Å². The monoisotopic (exact) mass is 369 g/mol. The minimum atomic E-state index is -0.240. The van der Waals surface area contributed by atoms with Crippen molar-refractivity contribution in [2.45, 2.75) is 129 Å². The van der Waals surface area contributed by atoms with E-state index in [-0.39, 0.29) is 6.09 Å². The van der Waals surface area contributed by atoms with Gasteiger partial charge in [-0.2, -0.15) is 0 Å². The Hall–Kier alpha value is -0.730. The lowest BCUT2D eigenvalue weighted by Gasteiger charge is -2.07. The molecule has 0 saturated carbocycles. The Kier molecular flexibility index (Phi) is 21.7. The summed E-state index contributed by atoms with van der Waals surface area (Å²) in [6.45, 7) is 5.79. The molecule has 1 N–H and O–H groups in total. The van der Waals surface area contributed by atoms with E-state index in [1.165, 1.54) is 103 Å². The summed E-state index contributed by atoms with van der Waals surface area (Å²) in [6.07, 6.45) is 23.4. The lowest BCUT2D eigenvalue weighted by molar-refractivity contribution is 0.143. The zero-order valence-corrected chi connectivity index (χ0v) is 18.0. The summed E-state index contributed by atoms with van der Waals surface area (Å²) >= 11 is 0. The van der Waals surface area contributed by atoms with E-state index in [1.807, 2.05) is 0 Å². The largest absolute Gasteiger partial charge is 0.450 e. The van der Waals surface area contributed by atoms with E-state index in [2.05, 4.69) is 19.2 Å². The predicted molar refractivity (Wildman–Crippen MR) is 114 cm³/mol. The number of hydrogen-bond acceptors (Lipinski definition) is 2. The molecule has 0 aromatic rings. The molecule has 26 heavy (non-hydrogen) atoms. The normalized spacial score (nSPS) is 10.8. The van der Waals surface area contributed by atoms with Gasteiger partial charge in [0.15, 0.2) is 0 Å². The highest BCUT2D eigenvalue weighted by Crippen LogP contribution is 2.12. The molecule has 0 unspecified atom stereocenters. The number of alkyl carbamates (subject to hydrolysis) is 1. The number of hydrogen-bond donors (Lipinski definition) is 1. The van der Waals surface area contributed by atoms with E-state index < -0.39 is 0 Å². The number of amides is 1. The van der Waals surface area contributed by atoms with Crippen LogP contribution in [0.4, 0.5) is 4.79 Å². The molecule has 0 aromatic carbocycles. The molecular formula is C23H47NO2. The van der Waals surface area contributed by atoms with Gasteiger partial charge < -0.3 is 10.1 Å². The van der Waals surface area contributed by atoms with Crippen molar-refractivity contribution in [2.24, 2.45) is 0 Å². The van der Waals surface area contributed by atoms with E-state index in [0.29, 0.717) is 6.61 Å². The van der Waals surface area contributed by atoms with Gasteiger partial charge in [0.2, 0.25) is 0 Å². The summed E-state index contributed by atoms with van der Waals surface area (Å²) in [7, 11) is 0. The Bertz CT molecular complexity index is 281. The van der Waals surface area contributed by atoms with E-state index in [1.54, 1.807) is 0 Å². The Balaban J connectivity index is 3.09. The van der Waals surface area contributed by atoms with Gasteiger partial charge in [-0.05, 0) is 12.8 Å². The second kappa shape index (κ2) is 22.3. The van der Waals surface area contributed by atoms with Crippen LogP contribution in [0.2, 0.25) is 0 Å². The van der Waals surface area contributed by atoms with Gasteiger partial charge in [0.1, 0.15) is 0 Å². The van der Waals surface area contributed by atoms with Crippen LogP contribution in [0.3, 0.4) is 0 Å². The molecule has 0 atom stereocenters. The Morgan fingerprint density at radius 1 is 0.577 bits per heavy atom. The van der Waals surface area contributed by atoms with Crippen LogP contribution in [0.15, 0.2) is 0 Å². The second-order valence-corrected chi connectivity index (χ2v) is 7.72. The standard InChI is InChI=1S/C23H47NO2/c1-3-5-7-9-10-11-12-13-14-15-16-17-18-20-22-26-23(25)24-21-19-8-6-4-2/h3-22H2,1-2H3,(H,24,25). The molecule has 0 radical (unpaired) electrons. The Morgan fingerprint density at radius 2 is 0.962 bits per heavy atom. The van der Waals surface area contributed by atoms with Crippen molar-refractivity contribution in [1.29, 1.82) is 0 Å². The fraction of sp³-hybridized carbons (Fsp3) is 0.957. The molecule has 3 heteroatoms. The number of carbonyl (C=O) groups excluding carboxylic acids is 1. The third-order valence-corrected chi connectivity index (χ3v) is 5.03. The smallest absolute Gasteiger partial charge is 0.407 e. The van der Waals surface area contributed by atoms with Crippen LogP contribution in [0.25, 0.3) is 0 Å². The number of ether oxygens (including phenoxy) is 1. The van der Waals surface area contributed by atoms with Crippen LogP contribution in [-0.4, -0.2) is 19.2 Å². The van der Waals surface area contributed by atoms with Crippen molar-refractivity contribution in [3.63, 3.8) is 0 Å². The second-order valence-electron chi connectivity index (χ2n) is 7.72. The number of nitrogens with one attached hydrogen (secondary N) is 1. The fourth-order valence-electron chi connectivity index (χ4n) is 3.25. The minimum Gasteiger partial charge on any atom is -0.450 e. The third-order valence-electron chi connectivity index (χ3n) is 5.03. The highest BCUT2D eigenvalue weighted by Gasteiger charge is 2.00. The van der Waals surface area contributed by atoms with Crippen LogP contribution in [0, 0.1) is 0 Å². The molecule has 0 aliphatic carbocycles. The summed E-state index contributed by atoms with van der Waals surface area (Å²) in [5.41, 5.74) is 0. The highest BCUT2D eigenvalue weighted by molar-refractivity contribution is 5.66. The first kappa shape index (κ1) is 25.3. The summed E-state index contributed by atoms with van der Waals surface area (Å²) < 4.78 is 5.21. The van der Waals surface area contributed by atoms with Crippen LogP contribution >= 0.6 is 0 Å². The summed E-state index contributed by atoms with van der Waals surface area (Å²) in [5, 5.41) is 2.83. The van der Waals surface area contributed by atoms with E-state index in [0.717, 1.165) is 19.4 Å². The van der Waals surface area contributed by atoms with Gasteiger partial charge in [0.25, 0.3) is 0 Å². The molecule has 0 rings (SSSR count). The number of unbranched alkanes of at least 4 members (excludes halogenated alkanes) is 16. The first-order chi connectivity index (χ1) is 12.8. The first-order valence-electron chi connectivity index (χ1n) is 11.7. The van der Waals surface area contributed by atoms with Crippen molar-refractivity contribution in [3.05, 3.63) is 0 Å².